The lowest BCUT2D eigenvalue weighted by molar-refractivity contribution is 0.627. The van der Waals surface area contributed by atoms with Crippen molar-refractivity contribution in [1.29, 1.82) is 0 Å². The van der Waals surface area contributed by atoms with Gasteiger partial charge >= 0.3 is 0 Å². The van der Waals surface area contributed by atoms with E-state index in [4.69, 9.17) is 34.8 Å². The Hall–Kier alpha value is -0.280. The summed E-state index contributed by atoms with van der Waals surface area (Å²) in [5.74, 6) is -0.344. The maximum absolute atomic E-state index is 13.0. The number of hydrogen-bond donors (Lipinski definition) is 0. The summed E-state index contributed by atoms with van der Waals surface area (Å²) < 4.78 is 13.0. The Kier molecular flexibility index (Phi) is 5.13. The van der Waals surface area contributed by atoms with E-state index in [0.29, 0.717) is 21.5 Å². The summed E-state index contributed by atoms with van der Waals surface area (Å²) in [6.07, 6.45) is 0.683. The molecule has 5 heteroatoms. The number of halogens is 5. The molecule has 0 aliphatic carbocycles. The van der Waals surface area contributed by atoms with Crippen LogP contribution in [0.3, 0.4) is 0 Å². The van der Waals surface area contributed by atoms with Gasteiger partial charge in [0.1, 0.15) is 5.82 Å². The van der Waals surface area contributed by atoms with Gasteiger partial charge in [0.2, 0.25) is 0 Å². The van der Waals surface area contributed by atoms with E-state index in [0.717, 1.165) is 11.1 Å². The number of hydrogen-bond acceptors (Lipinski definition) is 0. The second-order valence-electron chi connectivity index (χ2n) is 4.09. The number of alkyl halides is 1. The molecule has 0 aliphatic heterocycles. The Morgan fingerprint density at radius 2 is 1.68 bits per heavy atom. The normalized spacial score (nSPS) is 12.5. The van der Waals surface area contributed by atoms with E-state index in [1.54, 1.807) is 12.1 Å². The predicted molar refractivity (Wildman–Crippen MR) is 83.2 cm³/mol. The van der Waals surface area contributed by atoms with Crippen molar-refractivity contribution in [1.82, 2.24) is 0 Å². The van der Waals surface area contributed by atoms with E-state index in [1.807, 2.05) is 12.1 Å². The van der Waals surface area contributed by atoms with Crippen LogP contribution in [-0.4, -0.2) is 0 Å². The van der Waals surface area contributed by atoms with Crippen LogP contribution in [0.1, 0.15) is 16.0 Å². The van der Waals surface area contributed by atoms with Gasteiger partial charge in [-0.05, 0) is 41.8 Å². The molecule has 0 fully saturated rings. The average Bonchev–Trinajstić information content (AvgIpc) is 2.33. The molecule has 0 nitrogen and oxygen atoms in total. The molecule has 2 rings (SSSR count). The van der Waals surface area contributed by atoms with Crippen molar-refractivity contribution in [2.75, 3.05) is 0 Å². The van der Waals surface area contributed by atoms with Gasteiger partial charge in [-0.15, -0.1) is 0 Å². The molecule has 2 aromatic carbocycles. The average molecular weight is 382 g/mol. The molecule has 1 atom stereocenters. The molecule has 0 aromatic heterocycles. The fourth-order valence-corrected chi connectivity index (χ4v) is 3.26. The zero-order valence-corrected chi connectivity index (χ0v) is 13.5. The fraction of sp³-hybridized carbons (Fsp3) is 0.143. The predicted octanol–water partition coefficient (Wildman–Crippen LogP) is 6.46. The molecule has 100 valence electrons. The van der Waals surface area contributed by atoms with E-state index < -0.39 is 0 Å². The molecule has 0 aliphatic rings. The molecule has 0 bridgehead atoms. The second-order valence-corrected chi connectivity index (χ2v) is 6.41. The Bertz CT molecular complexity index is 601. The maximum atomic E-state index is 13.0. The minimum atomic E-state index is -0.344. The minimum absolute atomic E-state index is 0.0159. The summed E-state index contributed by atoms with van der Waals surface area (Å²) in [6.45, 7) is 0. The Morgan fingerprint density at radius 3 is 2.32 bits per heavy atom. The van der Waals surface area contributed by atoms with Gasteiger partial charge in [0, 0.05) is 9.85 Å². The van der Waals surface area contributed by atoms with Crippen LogP contribution in [0.25, 0.3) is 0 Å². The number of rotatable bonds is 3. The van der Waals surface area contributed by atoms with Crippen LogP contribution in [0.4, 0.5) is 4.39 Å². The molecule has 0 saturated heterocycles. The van der Waals surface area contributed by atoms with Crippen molar-refractivity contribution >= 4 is 50.7 Å². The van der Waals surface area contributed by atoms with Crippen LogP contribution in [0.2, 0.25) is 15.1 Å². The quantitative estimate of drug-likeness (QED) is 0.534. The van der Waals surface area contributed by atoms with Crippen LogP contribution in [0.15, 0.2) is 36.4 Å². The third-order valence-corrected chi connectivity index (χ3v) is 4.58. The minimum Gasteiger partial charge on any atom is -0.207 e. The molecule has 19 heavy (non-hydrogen) atoms. The molecule has 2 aromatic rings. The van der Waals surface area contributed by atoms with E-state index in [2.05, 4.69) is 15.9 Å². The van der Waals surface area contributed by atoms with E-state index in [9.17, 15) is 4.39 Å². The van der Waals surface area contributed by atoms with Crippen molar-refractivity contribution in [2.45, 2.75) is 11.2 Å². The van der Waals surface area contributed by atoms with Crippen molar-refractivity contribution in [2.24, 2.45) is 0 Å². The summed E-state index contributed by atoms with van der Waals surface area (Å²) in [5, 5.41) is 1.45. The summed E-state index contributed by atoms with van der Waals surface area (Å²) >= 11 is 21.4. The van der Waals surface area contributed by atoms with E-state index >= 15 is 0 Å². The Morgan fingerprint density at radius 1 is 0.947 bits per heavy atom. The van der Waals surface area contributed by atoms with E-state index in [-0.39, 0.29) is 10.6 Å². The summed E-state index contributed by atoms with van der Waals surface area (Å²) in [7, 11) is 0. The summed E-state index contributed by atoms with van der Waals surface area (Å²) in [5.41, 5.74) is 1.87. The first-order chi connectivity index (χ1) is 8.97. The lowest BCUT2D eigenvalue weighted by Crippen LogP contribution is -1.97. The van der Waals surface area contributed by atoms with Gasteiger partial charge in [-0.2, -0.15) is 0 Å². The molecular formula is C14H9BrCl3F. The SMILES string of the molecule is Fc1ccc(C(Br)Cc2ccc(Cl)c(Cl)c2)c(Cl)c1. The highest BCUT2D eigenvalue weighted by atomic mass is 79.9. The molecule has 0 radical (unpaired) electrons. The molecule has 0 amide bonds. The van der Waals surface area contributed by atoms with Gasteiger partial charge in [-0.25, -0.2) is 4.39 Å². The first-order valence-corrected chi connectivity index (χ1v) is 7.55. The van der Waals surface area contributed by atoms with Gasteiger partial charge in [0.05, 0.1) is 10.0 Å². The van der Waals surface area contributed by atoms with Crippen molar-refractivity contribution in [3.8, 4) is 0 Å². The maximum Gasteiger partial charge on any atom is 0.124 e. The van der Waals surface area contributed by atoms with Crippen molar-refractivity contribution in [3.63, 3.8) is 0 Å². The standard InChI is InChI=1S/C14H9BrCl3F/c15-11(10-3-2-9(19)7-13(10)17)5-8-1-4-12(16)14(18)6-8/h1-4,6-7,11H,5H2. The Balaban J connectivity index is 2.20. The monoisotopic (exact) mass is 380 g/mol. The highest BCUT2D eigenvalue weighted by molar-refractivity contribution is 9.09. The molecule has 0 saturated carbocycles. The van der Waals surface area contributed by atoms with Gasteiger partial charge in [0.25, 0.3) is 0 Å². The van der Waals surface area contributed by atoms with Gasteiger partial charge in [0.15, 0.2) is 0 Å². The zero-order valence-electron chi connectivity index (χ0n) is 9.64. The second kappa shape index (κ2) is 6.45. The first-order valence-electron chi connectivity index (χ1n) is 5.50. The fourth-order valence-electron chi connectivity index (χ4n) is 1.74. The lowest BCUT2D eigenvalue weighted by atomic mass is 10.0. The smallest absolute Gasteiger partial charge is 0.124 e. The van der Waals surface area contributed by atoms with Crippen LogP contribution in [0.5, 0.6) is 0 Å². The van der Waals surface area contributed by atoms with Crippen LogP contribution >= 0.6 is 50.7 Å². The Labute approximate surface area is 134 Å². The molecule has 0 heterocycles. The van der Waals surface area contributed by atoms with Crippen molar-refractivity contribution < 1.29 is 4.39 Å². The van der Waals surface area contributed by atoms with Crippen LogP contribution < -0.4 is 0 Å². The number of benzene rings is 2. The summed E-state index contributed by atoms with van der Waals surface area (Å²) in [4.78, 5) is -0.0159. The van der Waals surface area contributed by atoms with Gasteiger partial charge in [-0.1, -0.05) is 62.9 Å². The van der Waals surface area contributed by atoms with Crippen molar-refractivity contribution in [3.05, 3.63) is 68.4 Å². The lowest BCUT2D eigenvalue weighted by Gasteiger charge is -2.12. The third kappa shape index (κ3) is 3.85. The highest BCUT2D eigenvalue weighted by Crippen LogP contribution is 2.34. The van der Waals surface area contributed by atoms with E-state index in [1.165, 1.54) is 12.1 Å². The molecule has 0 spiro atoms. The molecular weight excluding hydrogens is 373 g/mol. The molecule has 0 N–H and O–H groups in total. The highest BCUT2D eigenvalue weighted by Gasteiger charge is 2.13. The third-order valence-electron chi connectivity index (χ3n) is 2.70. The molecule has 1 unspecified atom stereocenters. The van der Waals surface area contributed by atoms with Gasteiger partial charge in [-0.3, -0.25) is 0 Å². The largest absolute Gasteiger partial charge is 0.207 e. The summed E-state index contributed by atoms with van der Waals surface area (Å²) in [6, 6.07) is 9.85. The zero-order chi connectivity index (χ0) is 14.0. The topological polar surface area (TPSA) is 0 Å². The first kappa shape index (κ1) is 15.1. The van der Waals surface area contributed by atoms with Crippen LogP contribution in [-0.2, 0) is 6.42 Å². The van der Waals surface area contributed by atoms with Gasteiger partial charge < -0.3 is 0 Å². The van der Waals surface area contributed by atoms with Crippen LogP contribution in [0, 0.1) is 5.82 Å².